The number of nitro benzene ring substituents is 1. The number of rotatable bonds is 3. The van der Waals surface area contributed by atoms with E-state index in [0.29, 0.717) is 24.2 Å². The smallest absolute Gasteiger partial charge is 0.275 e. The third-order valence-corrected chi connectivity index (χ3v) is 5.78. The van der Waals surface area contributed by atoms with Crippen LogP contribution in [0.2, 0.25) is 0 Å². The lowest BCUT2D eigenvalue weighted by molar-refractivity contribution is -0.385. The van der Waals surface area contributed by atoms with Gasteiger partial charge in [-0.05, 0) is 38.7 Å². The quantitative estimate of drug-likeness (QED) is 0.601. The Morgan fingerprint density at radius 2 is 1.78 bits per heavy atom. The zero-order chi connectivity index (χ0) is 19.4. The van der Waals surface area contributed by atoms with Gasteiger partial charge in [0.15, 0.2) is 0 Å². The minimum atomic E-state index is -0.435. The van der Waals surface area contributed by atoms with Crippen LogP contribution in [0.1, 0.15) is 49.7 Å². The van der Waals surface area contributed by atoms with Gasteiger partial charge >= 0.3 is 0 Å². The van der Waals surface area contributed by atoms with Crippen LogP contribution in [-0.2, 0) is 4.79 Å². The lowest BCUT2D eigenvalue weighted by atomic mass is 9.94. The maximum Gasteiger partial charge on any atom is 0.275 e. The first kappa shape index (κ1) is 19.2. The Bertz CT molecular complexity index is 755. The van der Waals surface area contributed by atoms with Gasteiger partial charge in [-0.2, -0.15) is 5.26 Å². The van der Waals surface area contributed by atoms with E-state index in [1.807, 2.05) is 11.0 Å². The molecule has 0 atom stereocenters. The van der Waals surface area contributed by atoms with Crippen LogP contribution in [0.4, 0.5) is 11.4 Å². The lowest BCUT2D eigenvalue weighted by Gasteiger charge is -2.35. The molecule has 0 bridgehead atoms. The molecule has 27 heavy (non-hydrogen) atoms. The van der Waals surface area contributed by atoms with Crippen molar-refractivity contribution in [2.75, 3.05) is 31.1 Å². The molecule has 2 aliphatic heterocycles. The number of hydrogen-bond acceptors (Lipinski definition) is 5. The summed E-state index contributed by atoms with van der Waals surface area (Å²) in [6, 6.07) is 5.06. The van der Waals surface area contributed by atoms with Gasteiger partial charge in [-0.1, -0.05) is 12.8 Å². The second kappa shape index (κ2) is 8.38. The number of benzene rings is 1. The first-order chi connectivity index (χ1) is 13.0. The van der Waals surface area contributed by atoms with Gasteiger partial charge in [-0.25, -0.2) is 0 Å². The maximum atomic E-state index is 12.8. The van der Waals surface area contributed by atoms with E-state index in [1.54, 1.807) is 13.0 Å². The number of carbonyl (C=O) groups excluding carboxylic acids is 1. The van der Waals surface area contributed by atoms with Crippen molar-refractivity contribution in [3.05, 3.63) is 33.4 Å². The van der Waals surface area contributed by atoms with Crippen molar-refractivity contribution < 1.29 is 9.72 Å². The fourth-order valence-corrected chi connectivity index (χ4v) is 4.18. The Labute approximate surface area is 159 Å². The van der Waals surface area contributed by atoms with E-state index in [1.165, 1.54) is 18.9 Å². The van der Waals surface area contributed by atoms with Gasteiger partial charge in [0.1, 0.15) is 0 Å². The summed E-state index contributed by atoms with van der Waals surface area (Å²) in [6.45, 7) is 4.82. The average Bonchev–Trinajstić information content (AvgIpc) is 2.97. The third kappa shape index (κ3) is 4.21. The summed E-state index contributed by atoms with van der Waals surface area (Å²) in [6.07, 6.45) is 6.09. The zero-order valence-corrected chi connectivity index (χ0v) is 15.8. The predicted octanol–water partition coefficient (Wildman–Crippen LogP) is 3.39. The van der Waals surface area contributed by atoms with Crippen molar-refractivity contribution >= 4 is 17.3 Å². The number of likely N-dealkylation sites (tertiary alicyclic amines) is 1. The highest BCUT2D eigenvalue weighted by molar-refractivity contribution is 5.79. The molecule has 0 N–H and O–H groups in total. The molecule has 7 heteroatoms. The third-order valence-electron chi connectivity index (χ3n) is 5.78. The van der Waals surface area contributed by atoms with Crippen LogP contribution in [0, 0.1) is 34.3 Å². The number of nitro groups is 1. The van der Waals surface area contributed by atoms with Gasteiger partial charge in [0.2, 0.25) is 5.91 Å². The topological polar surface area (TPSA) is 90.5 Å². The molecule has 1 amide bonds. The second-order valence-electron chi connectivity index (χ2n) is 7.51. The number of carbonyl (C=O) groups is 1. The molecule has 0 unspecified atom stereocenters. The molecule has 0 radical (unpaired) electrons. The molecule has 2 saturated heterocycles. The van der Waals surface area contributed by atoms with Crippen molar-refractivity contribution in [2.45, 2.75) is 45.4 Å². The Kier molecular flexibility index (Phi) is 5.94. The Morgan fingerprint density at radius 3 is 2.33 bits per heavy atom. The van der Waals surface area contributed by atoms with Crippen LogP contribution < -0.4 is 4.90 Å². The molecule has 0 saturated carbocycles. The second-order valence-corrected chi connectivity index (χ2v) is 7.51. The van der Waals surface area contributed by atoms with Gasteiger partial charge in [-0.3, -0.25) is 14.9 Å². The molecule has 7 nitrogen and oxygen atoms in total. The zero-order valence-electron chi connectivity index (χ0n) is 15.8. The summed E-state index contributed by atoms with van der Waals surface area (Å²) in [4.78, 5) is 27.8. The van der Waals surface area contributed by atoms with Gasteiger partial charge < -0.3 is 9.80 Å². The van der Waals surface area contributed by atoms with Crippen molar-refractivity contribution in [3.8, 4) is 6.07 Å². The molecule has 0 aromatic heterocycles. The maximum absolute atomic E-state index is 12.8. The van der Waals surface area contributed by atoms with E-state index >= 15 is 0 Å². The van der Waals surface area contributed by atoms with E-state index in [9.17, 15) is 20.2 Å². The lowest BCUT2D eigenvalue weighted by Crippen LogP contribution is -2.43. The van der Waals surface area contributed by atoms with Crippen LogP contribution in [0.15, 0.2) is 12.1 Å². The number of nitriles is 1. The van der Waals surface area contributed by atoms with E-state index < -0.39 is 4.92 Å². The highest BCUT2D eigenvalue weighted by atomic mass is 16.6. The van der Waals surface area contributed by atoms with E-state index in [0.717, 1.165) is 44.5 Å². The fraction of sp³-hybridized carbons (Fsp3) is 0.600. The van der Waals surface area contributed by atoms with Crippen molar-refractivity contribution in [1.29, 1.82) is 5.26 Å². The van der Waals surface area contributed by atoms with E-state index in [4.69, 9.17) is 0 Å². The number of hydrogen-bond donors (Lipinski definition) is 0. The molecule has 0 spiro atoms. The van der Waals surface area contributed by atoms with Gasteiger partial charge in [0, 0.05) is 43.9 Å². The molecular weight excluding hydrogens is 344 g/mol. The summed E-state index contributed by atoms with van der Waals surface area (Å²) in [7, 11) is 0. The predicted molar refractivity (Wildman–Crippen MR) is 103 cm³/mol. The number of nitrogens with zero attached hydrogens (tertiary/aromatic N) is 4. The normalized spacial score (nSPS) is 18.7. The first-order valence-electron chi connectivity index (χ1n) is 9.74. The molecule has 1 aromatic rings. The van der Waals surface area contributed by atoms with Crippen LogP contribution in [0.25, 0.3) is 0 Å². The number of anilines is 1. The van der Waals surface area contributed by atoms with Crippen molar-refractivity contribution in [1.82, 2.24) is 4.90 Å². The van der Waals surface area contributed by atoms with E-state index in [-0.39, 0.29) is 17.5 Å². The van der Waals surface area contributed by atoms with Crippen LogP contribution >= 0.6 is 0 Å². The van der Waals surface area contributed by atoms with Crippen LogP contribution in [0.3, 0.4) is 0 Å². The summed E-state index contributed by atoms with van der Waals surface area (Å²) in [5.41, 5.74) is 1.59. The molecular formula is C20H26N4O3. The monoisotopic (exact) mass is 370 g/mol. The minimum Gasteiger partial charge on any atom is -0.371 e. The average molecular weight is 370 g/mol. The van der Waals surface area contributed by atoms with Gasteiger partial charge in [-0.15, -0.1) is 0 Å². The first-order valence-corrected chi connectivity index (χ1v) is 9.74. The largest absolute Gasteiger partial charge is 0.371 e. The molecule has 3 rings (SSSR count). The molecule has 144 valence electrons. The minimum absolute atomic E-state index is 0.0215. The molecule has 2 aliphatic rings. The summed E-state index contributed by atoms with van der Waals surface area (Å²) in [5.74, 6) is 0.304. The standard InChI is InChI=1S/C20H26N4O3/c1-15-18(12-16(14-21)13-19(15)24(26)27)22-10-6-17(7-11-22)20(25)23-8-4-2-3-5-9-23/h12-13,17H,2-11H2,1H3. The molecule has 0 aliphatic carbocycles. The Hall–Kier alpha value is -2.62. The number of piperidine rings is 1. The highest BCUT2D eigenvalue weighted by Gasteiger charge is 2.30. The van der Waals surface area contributed by atoms with Gasteiger partial charge in [0.05, 0.1) is 22.1 Å². The van der Waals surface area contributed by atoms with Gasteiger partial charge in [0.25, 0.3) is 5.69 Å². The molecule has 1 aromatic carbocycles. The van der Waals surface area contributed by atoms with Crippen molar-refractivity contribution in [2.24, 2.45) is 5.92 Å². The Balaban J connectivity index is 1.70. The summed E-state index contributed by atoms with van der Waals surface area (Å²) >= 11 is 0. The molecule has 2 fully saturated rings. The Morgan fingerprint density at radius 1 is 1.15 bits per heavy atom. The van der Waals surface area contributed by atoms with Crippen LogP contribution in [-0.4, -0.2) is 41.9 Å². The van der Waals surface area contributed by atoms with E-state index in [2.05, 4.69) is 4.90 Å². The fourth-order valence-electron chi connectivity index (χ4n) is 4.18. The number of amides is 1. The molecule has 2 heterocycles. The van der Waals surface area contributed by atoms with Crippen molar-refractivity contribution in [3.63, 3.8) is 0 Å². The summed E-state index contributed by atoms with van der Waals surface area (Å²) < 4.78 is 0. The highest BCUT2D eigenvalue weighted by Crippen LogP contribution is 2.33. The van der Waals surface area contributed by atoms with Crippen LogP contribution in [0.5, 0.6) is 0 Å². The SMILES string of the molecule is Cc1c(N2CCC(C(=O)N3CCCCCC3)CC2)cc(C#N)cc1[N+](=O)[O-]. The summed E-state index contributed by atoms with van der Waals surface area (Å²) in [5, 5.41) is 20.5.